The Morgan fingerprint density at radius 3 is 1.57 bits per heavy atom. The van der Waals surface area contributed by atoms with Gasteiger partial charge in [0.25, 0.3) is 0 Å². The van der Waals surface area contributed by atoms with Gasteiger partial charge in [-0.2, -0.15) is 0 Å². The molecule has 0 bridgehead atoms. The Morgan fingerprint density at radius 2 is 1.06 bits per heavy atom. The molecule has 0 saturated carbocycles. The van der Waals surface area contributed by atoms with Gasteiger partial charge in [0.05, 0.1) is 19.8 Å². The molecule has 3 atom stereocenters. The van der Waals surface area contributed by atoms with Crippen LogP contribution in [0.2, 0.25) is 0 Å². The van der Waals surface area contributed by atoms with Crippen molar-refractivity contribution in [2.75, 3.05) is 26.4 Å². The van der Waals surface area contributed by atoms with Crippen LogP contribution >= 0.6 is 7.82 Å². The Balaban J connectivity index is 4.44. The first-order valence-electron chi connectivity index (χ1n) is 18.6. The van der Waals surface area contributed by atoms with Gasteiger partial charge in [-0.25, -0.2) is 4.57 Å². The van der Waals surface area contributed by atoms with E-state index in [1.54, 1.807) is 0 Å². The highest BCUT2D eigenvalue weighted by Gasteiger charge is 2.27. The van der Waals surface area contributed by atoms with Crippen molar-refractivity contribution in [2.24, 2.45) is 0 Å². The van der Waals surface area contributed by atoms with Gasteiger partial charge in [-0.15, -0.1) is 0 Å². The minimum absolute atomic E-state index is 0.163. The standard InChI is InChI=1S/C38H67O10P/c1-3-5-7-9-11-13-15-17-19-21-23-25-27-29-37(41)45-33-36(34-47-49(43,44)46-32-35(40)31-39)48-38(42)30-28-26-24-22-20-18-16-14-12-10-8-6-4-2/h7-10,13-16,35-36,39-40H,3-6,11-12,17-34H2,1-2H3,(H,43,44)/b9-7-,10-8-,15-13-,16-14-. The number of rotatable bonds is 34. The van der Waals surface area contributed by atoms with Crippen LogP contribution in [0.1, 0.15) is 142 Å². The highest BCUT2D eigenvalue weighted by atomic mass is 31.2. The fourth-order valence-electron chi connectivity index (χ4n) is 4.54. The first kappa shape index (κ1) is 46.9. The summed E-state index contributed by atoms with van der Waals surface area (Å²) >= 11 is 0. The smallest absolute Gasteiger partial charge is 0.462 e. The van der Waals surface area contributed by atoms with Gasteiger partial charge in [-0.05, 0) is 64.2 Å². The third kappa shape index (κ3) is 34.2. The molecule has 0 aliphatic rings. The summed E-state index contributed by atoms with van der Waals surface area (Å²) < 4.78 is 32.5. The molecule has 3 unspecified atom stereocenters. The number of hydrogen-bond acceptors (Lipinski definition) is 9. The largest absolute Gasteiger partial charge is 0.472 e. The molecule has 0 aliphatic carbocycles. The number of ether oxygens (including phenoxy) is 2. The second kappa shape index (κ2) is 34.4. The second-order valence-electron chi connectivity index (χ2n) is 12.2. The number of carbonyl (C=O) groups excluding carboxylic acids is 2. The molecule has 284 valence electrons. The van der Waals surface area contributed by atoms with Gasteiger partial charge in [-0.3, -0.25) is 18.6 Å². The molecular formula is C38H67O10P. The maximum atomic E-state index is 12.5. The number of unbranched alkanes of at least 4 members (excludes halogenated alkanes) is 12. The molecule has 10 nitrogen and oxygen atoms in total. The lowest BCUT2D eigenvalue weighted by Gasteiger charge is -2.20. The number of carbonyl (C=O) groups is 2. The SMILES string of the molecule is CCC/C=C\C/C=C\CCCCCCCC(=O)OCC(COP(=O)(O)OCC(O)CO)OC(=O)CCCCCCC/C=C\C/C=C\CCC. The summed E-state index contributed by atoms with van der Waals surface area (Å²) in [7, 11) is -4.62. The van der Waals surface area contributed by atoms with E-state index in [0.29, 0.717) is 12.8 Å². The highest BCUT2D eigenvalue weighted by Crippen LogP contribution is 2.43. The predicted molar refractivity (Wildman–Crippen MR) is 196 cm³/mol. The van der Waals surface area contributed by atoms with Crippen LogP contribution < -0.4 is 0 Å². The van der Waals surface area contributed by atoms with E-state index >= 15 is 0 Å². The molecule has 3 N–H and O–H groups in total. The molecule has 0 radical (unpaired) electrons. The van der Waals surface area contributed by atoms with Gasteiger partial charge < -0.3 is 24.6 Å². The summed E-state index contributed by atoms with van der Waals surface area (Å²) in [5, 5.41) is 18.3. The van der Waals surface area contributed by atoms with E-state index in [-0.39, 0.29) is 19.4 Å². The first-order chi connectivity index (χ1) is 23.7. The Labute approximate surface area is 296 Å². The Hall–Kier alpha value is -2.07. The van der Waals surface area contributed by atoms with E-state index in [9.17, 15) is 24.2 Å². The topological polar surface area (TPSA) is 149 Å². The van der Waals surface area contributed by atoms with Crippen LogP contribution in [0.25, 0.3) is 0 Å². The Bertz CT molecular complexity index is 962. The average Bonchev–Trinajstić information content (AvgIpc) is 3.09. The average molecular weight is 715 g/mol. The highest BCUT2D eigenvalue weighted by molar-refractivity contribution is 7.47. The Morgan fingerprint density at radius 1 is 0.612 bits per heavy atom. The van der Waals surface area contributed by atoms with Crippen molar-refractivity contribution in [2.45, 2.75) is 154 Å². The lowest BCUT2D eigenvalue weighted by atomic mass is 10.1. The lowest BCUT2D eigenvalue weighted by molar-refractivity contribution is -0.161. The third-order valence-corrected chi connectivity index (χ3v) is 8.37. The lowest BCUT2D eigenvalue weighted by Crippen LogP contribution is -2.29. The molecule has 0 heterocycles. The monoisotopic (exact) mass is 714 g/mol. The zero-order valence-electron chi connectivity index (χ0n) is 30.4. The molecule has 0 spiro atoms. The van der Waals surface area contributed by atoms with Gasteiger partial charge in [0.1, 0.15) is 12.7 Å². The van der Waals surface area contributed by atoms with E-state index in [1.165, 1.54) is 12.8 Å². The summed E-state index contributed by atoms with van der Waals surface area (Å²) in [5.41, 5.74) is 0. The number of esters is 2. The van der Waals surface area contributed by atoms with Crippen molar-refractivity contribution in [1.82, 2.24) is 0 Å². The maximum Gasteiger partial charge on any atom is 0.472 e. The van der Waals surface area contributed by atoms with Crippen LogP contribution in [0.5, 0.6) is 0 Å². The Kier molecular flexibility index (Phi) is 32.9. The minimum Gasteiger partial charge on any atom is -0.462 e. The molecule has 0 aliphatic heterocycles. The van der Waals surface area contributed by atoms with Crippen molar-refractivity contribution in [3.05, 3.63) is 48.6 Å². The van der Waals surface area contributed by atoms with Crippen LogP contribution in [0.4, 0.5) is 0 Å². The van der Waals surface area contributed by atoms with Gasteiger partial charge in [-0.1, -0.05) is 114 Å². The molecule has 0 aromatic heterocycles. The maximum absolute atomic E-state index is 12.5. The molecule has 0 aromatic rings. The summed E-state index contributed by atoms with van der Waals surface area (Å²) in [6.07, 6.45) is 33.7. The number of aliphatic hydroxyl groups is 2. The van der Waals surface area contributed by atoms with E-state index in [0.717, 1.165) is 89.9 Å². The van der Waals surface area contributed by atoms with Crippen LogP contribution in [-0.2, 0) is 32.7 Å². The normalized spacial score (nSPS) is 14.6. The summed E-state index contributed by atoms with van der Waals surface area (Å²) in [6, 6.07) is 0. The number of aliphatic hydroxyl groups excluding tert-OH is 2. The van der Waals surface area contributed by atoms with E-state index in [1.807, 2.05) is 0 Å². The molecular weight excluding hydrogens is 647 g/mol. The van der Waals surface area contributed by atoms with Gasteiger partial charge in [0, 0.05) is 12.8 Å². The molecule has 0 fully saturated rings. The molecule has 0 rings (SSSR count). The van der Waals surface area contributed by atoms with Crippen LogP contribution in [0, 0.1) is 0 Å². The first-order valence-corrected chi connectivity index (χ1v) is 20.1. The van der Waals surface area contributed by atoms with Gasteiger partial charge >= 0.3 is 19.8 Å². The summed E-state index contributed by atoms with van der Waals surface area (Å²) in [4.78, 5) is 34.8. The van der Waals surface area contributed by atoms with Gasteiger partial charge in [0.15, 0.2) is 6.10 Å². The number of phosphoric acid groups is 1. The number of allylic oxidation sites excluding steroid dienone is 8. The van der Waals surface area contributed by atoms with Crippen LogP contribution in [0.3, 0.4) is 0 Å². The van der Waals surface area contributed by atoms with E-state index in [2.05, 4.69) is 67.0 Å². The third-order valence-electron chi connectivity index (χ3n) is 7.42. The molecule has 49 heavy (non-hydrogen) atoms. The fourth-order valence-corrected chi connectivity index (χ4v) is 5.33. The zero-order chi connectivity index (χ0) is 36.3. The molecule has 0 aromatic carbocycles. The second-order valence-corrected chi connectivity index (χ2v) is 13.7. The zero-order valence-corrected chi connectivity index (χ0v) is 31.3. The predicted octanol–water partition coefficient (Wildman–Crippen LogP) is 8.99. The van der Waals surface area contributed by atoms with E-state index in [4.69, 9.17) is 19.1 Å². The van der Waals surface area contributed by atoms with E-state index < -0.39 is 51.8 Å². The van der Waals surface area contributed by atoms with Crippen molar-refractivity contribution in [1.29, 1.82) is 0 Å². The van der Waals surface area contributed by atoms with Crippen molar-refractivity contribution in [3.8, 4) is 0 Å². The summed E-state index contributed by atoms with van der Waals surface area (Å²) in [5.74, 6) is -0.965. The quantitative estimate of drug-likeness (QED) is 0.0255. The van der Waals surface area contributed by atoms with Crippen molar-refractivity contribution in [3.63, 3.8) is 0 Å². The molecule has 11 heteroatoms. The molecule has 0 saturated heterocycles. The number of hydrogen-bond donors (Lipinski definition) is 3. The van der Waals surface area contributed by atoms with Crippen molar-refractivity contribution >= 4 is 19.8 Å². The van der Waals surface area contributed by atoms with Crippen molar-refractivity contribution < 1.29 is 47.8 Å². The molecule has 0 amide bonds. The van der Waals surface area contributed by atoms with Gasteiger partial charge in [0.2, 0.25) is 0 Å². The van der Waals surface area contributed by atoms with Crippen LogP contribution in [-0.4, -0.2) is 65.7 Å². The van der Waals surface area contributed by atoms with Crippen LogP contribution in [0.15, 0.2) is 48.6 Å². The number of phosphoric ester groups is 1. The fraction of sp³-hybridized carbons (Fsp3) is 0.737. The summed E-state index contributed by atoms with van der Waals surface area (Å²) in [6.45, 7) is 2.18. The minimum atomic E-state index is -4.62.